The minimum Gasteiger partial charge on any atom is -0.212 e. The highest BCUT2D eigenvalue weighted by Gasteiger charge is 2.03. The van der Waals surface area contributed by atoms with E-state index in [1.165, 1.54) is 5.56 Å². The topological polar surface area (TPSA) is 34.1 Å². The van der Waals surface area contributed by atoms with E-state index in [1.54, 1.807) is 0 Å². The second-order valence-electron chi connectivity index (χ2n) is 4.25. The summed E-state index contributed by atoms with van der Waals surface area (Å²) in [5, 5.41) is 0. The number of hydrogen-bond donors (Lipinski definition) is 0. The molecule has 0 aliphatic heterocycles. The molecule has 0 radical (unpaired) electrons. The van der Waals surface area contributed by atoms with Crippen LogP contribution in [0.5, 0.6) is 0 Å². The van der Waals surface area contributed by atoms with Gasteiger partial charge in [0.25, 0.3) is 0 Å². The summed E-state index contributed by atoms with van der Waals surface area (Å²) in [7, 11) is 1.84. The number of hydrogen-bond acceptors (Lipinski definition) is 2. The van der Waals surface area contributed by atoms with Crippen molar-refractivity contribution in [3.63, 3.8) is 0 Å². The fourth-order valence-corrected chi connectivity index (χ4v) is 2.65. The normalized spacial score (nSPS) is 11.6. The Morgan fingerprint density at radius 2 is 1.47 bits per heavy atom. The van der Waals surface area contributed by atoms with E-state index in [-0.39, 0.29) is 5.75 Å². The van der Waals surface area contributed by atoms with Crippen LogP contribution >= 0.6 is 10.7 Å². The lowest BCUT2D eigenvalue weighted by Gasteiger charge is -2.01. The van der Waals surface area contributed by atoms with Crippen LogP contribution in [0.15, 0.2) is 30.3 Å². The molecule has 0 spiro atoms. The predicted octanol–water partition coefficient (Wildman–Crippen LogP) is 3.75. The van der Waals surface area contributed by atoms with E-state index in [2.05, 4.69) is 24.3 Å². The number of unbranched alkanes of at least 4 members (excludes halogenated alkanes) is 4. The summed E-state index contributed by atoms with van der Waals surface area (Å²) in [5.74, 6) is 0.104. The fourth-order valence-electron chi connectivity index (χ4n) is 1.78. The summed E-state index contributed by atoms with van der Waals surface area (Å²) in [4.78, 5) is 0. The molecule has 0 atom stereocenters. The molecule has 0 aliphatic carbocycles. The molecule has 0 aliphatic rings. The molecule has 4 heteroatoms. The Kier molecular flexibility index (Phi) is 6.60. The van der Waals surface area contributed by atoms with Crippen LogP contribution in [0.4, 0.5) is 0 Å². The maximum absolute atomic E-state index is 10.7. The quantitative estimate of drug-likeness (QED) is 0.534. The largest absolute Gasteiger partial charge is 0.232 e. The molecular weight excluding hydrogens is 256 g/mol. The van der Waals surface area contributed by atoms with Crippen LogP contribution in [-0.2, 0) is 15.5 Å². The highest BCUT2D eigenvalue weighted by molar-refractivity contribution is 8.13. The van der Waals surface area contributed by atoms with Gasteiger partial charge < -0.3 is 0 Å². The van der Waals surface area contributed by atoms with E-state index >= 15 is 0 Å². The molecule has 0 aromatic heterocycles. The molecule has 96 valence electrons. The Morgan fingerprint density at radius 3 is 2.12 bits per heavy atom. The summed E-state index contributed by atoms with van der Waals surface area (Å²) in [6.07, 6.45) is 6.13. The molecule has 17 heavy (non-hydrogen) atoms. The molecule has 2 nitrogen and oxygen atoms in total. The maximum Gasteiger partial charge on any atom is 0.232 e. The third-order valence-electron chi connectivity index (χ3n) is 2.70. The van der Waals surface area contributed by atoms with E-state index in [0.29, 0.717) is 6.42 Å². The summed E-state index contributed by atoms with van der Waals surface area (Å²) >= 11 is 0. The van der Waals surface area contributed by atoms with E-state index in [9.17, 15) is 8.42 Å². The van der Waals surface area contributed by atoms with Crippen LogP contribution in [0, 0.1) is 0 Å². The van der Waals surface area contributed by atoms with Crippen molar-refractivity contribution in [3.8, 4) is 0 Å². The zero-order chi connectivity index (χ0) is 12.6. The SMILES string of the molecule is O=S(=O)(Cl)CCCCCCCc1ccccc1. The van der Waals surface area contributed by atoms with Gasteiger partial charge in [0, 0.05) is 10.7 Å². The second-order valence-corrected chi connectivity index (χ2v) is 7.14. The zero-order valence-corrected chi connectivity index (χ0v) is 11.5. The van der Waals surface area contributed by atoms with Gasteiger partial charge in [-0.05, 0) is 24.8 Å². The Hall–Kier alpha value is -0.540. The molecule has 1 aromatic carbocycles. The van der Waals surface area contributed by atoms with Crippen molar-refractivity contribution >= 4 is 19.7 Å². The summed E-state index contributed by atoms with van der Waals surface area (Å²) in [5.41, 5.74) is 1.37. The van der Waals surface area contributed by atoms with Gasteiger partial charge in [0.05, 0.1) is 5.75 Å². The maximum atomic E-state index is 10.7. The van der Waals surface area contributed by atoms with Crippen LogP contribution in [0.2, 0.25) is 0 Å². The van der Waals surface area contributed by atoms with Crippen molar-refractivity contribution in [2.45, 2.75) is 38.5 Å². The number of aryl methyl sites for hydroxylation is 1. The zero-order valence-electron chi connectivity index (χ0n) is 9.94. The first-order valence-electron chi connectivity index (χ1n) is 6.04. The monoisotopic (exact) mass is 274 g/mol. The van der Waals surface area contributed by atoms with Crippen LogP contribution in [-0.4, -0.2) is 14.2 Å². The van der Waals surface area contributed by atoms with Crippen molar-refractivity contribution in [1.82, 2.24) is 0 Å². The number of rotatable bonds is 8. The molecule has 0 fully saturated rings. The summed E-state index contributed by atoms with van der Waals surface area (Å²) in [6, 6.07) is 10.4. The average Bonchev–Trinajstić information content (AvgIpc) is 2.28. The first kappa shape index (κ1) is 14.5. The van der Waals surface area contributed by atoms with E-state index in [0.717, 1.165) is 32.1 Å². The van der Waals surface area contributed by atoms with Gasteiger partial charge in [0.1, 0.15) is 0 Å². The summed E-state index contributed by atoms with van der Waals surface area (Å²) < 4.78 is 21.3. The van der Waals surface area contributed by atoms with Gasteiger partial charge in [-0.2, -0.15) is 0 Å². The van der Waals surface area contributed by atoms with Gasteiger partial charge in [-0.3, -0.25) is 0 Å². The fraction of sp³-hybridized carbons (Fsp3) is 0.538. The number of benzene rings is 1. The molecule has 0 bridgehead atoms. The smallest absolute Gasteiger partial charge is 0.212 e. The van der Waals surface area contributed by atoms with Crippen LogP contribution in [0.3, 0.4) is 0 Å². The van der Waals surface area contributed by atoms with Crippen LogP contribution in [0.25, 0.3) is 0 Å². The van der Waals surface area contributed by atoms with Crippen molar-refractivity contribution in [3.05, 3.63) is 35.9 Å². The van der Waals surface area contributed by atoms with Crippen molar-refractivity contribution in [2.75, 3.05) is 5.75 Å². The van der Waals surface area contributed by atoms with Crippen molar-refractivity contribution in [2.24, 2.45) is 0 Å². The van der Waals surface area contributed by atoms with Gasteiger partial charge in [-0.1, -0.05) is 49.6 Å². The van der Waals surface area contributed by atoms with Gasteiger partial charge in [0.2, 0.25) is 9.05 Å². The third-order valence-corrected chi connectivity index (χ3v) is 3.94. The molecular formula is C13H19ClO2S. The minimum absolute atomic E-state index is 0.104. The van der Waals surface area contributed by atoms with Crippen molar-refractivity contribution < 1.29 is 8.42 Å². The van der Waals surface area contributed by atoms with Gasteiger partial charge in [-0.15, -0.1) is 0 Å². The third kappa shape index (κ3) is 8.22. The lowest BCUT2D eigenvalue weighted by atomic mass is 10.1. The molecule has 0 unspecified atom stereocenters. The van der Waals surface area contributed by atoms with E-state index in [1.807, 2.05) is 6.07 Å². The second kappa shape index (κ2) is 7.72. The van der Waals surface area contributed by atoms with E-state index < -0.39 is 9.05 Å². The summed E-state index contributed by atoms with van der Waals surface area (Å²) in [6.45, 7) is 0. The Labute approximate surface area is 108 Å². The van der Waals surface area contributed by atoms with E-state index in [4.69, 9.17) is 10.7 Å². The first-order chi connectivity index (χ1) is 8.08. The highest BCUT2D eigenvalue weighted by atomic mass is 35.7. The lowest BCUT2D eigenvalue weighted by Crippen LogP contribution is -1.96. The predicted molar refractivity (Wildman–Crippen MR) is 72.9 cm³/mol. The molecule has 1 aromatic rings. The minimum atomic E-state index is -3.29. The molecule has 0 N–H and O–H groups in total. The van der Waals surface area contributed by atoms with Gasteiger partial charge in [0.15, 0.2) is 0 Å². The standard InChI is InChI=1S/C13H19ClO2S/c14-17(15,16)12-8-3-1-2-5-9-13-10-6-4-7-11-13/h4,6-7,10-11H,1-3,5,8-9,12H2. The molecule has 0 saturated heterocycles. The molecule has 1 rings (SSSR count). The van der Waals surface area contributed by atoms with Crippen LogP contribution in [0.1, 0.15) is 37.7 Å². The lowest BCUT2D eigenvalue weighted by molar-refractivity contribution is 0.596. The number of halogens is 1. The Morgan fingerprint density at radius 1 is 0.882 bits per heavy atom. The van der Waals surface area contributed by atoms with Gasteiger partial charge in [-0.25, -0.2) is 8.42 Å². The molecule has 0 saturated carbocycles. The molecule has 0 amide bonds. The average molecular weight is 275 g/mol. The first-order valence-corrected chi connectivity index (χ1v) is 8.52. The van der Waals surface area contributed by atoms with Crippen molar-refractivity contribution in [1.29, 1.82) is 0 Å². The highest BCUT2D eigenvalue weighted by Crippen LogP contribution is 2.10. The molecule has 0 heterocycles. The Bertz CT molecular complexity index is 401. The van der Waals surface area contributed by atoms with Crippen LogP contribution < -0.4 is 0 Å². The van der Waals surface area contributed by atoms with Gasteiger partial charge >= 0.3 is 0 Å². The Balaban J connectivity index is 1.99.